The number of thioether (sulfide) groups is 2. The molecule has 4 aromatic heterocycles. The van der Waals surface area contributed by atoms with Crippen molar-refractivity contribution in [2.75, 3.05) is 17.7 Å². The number of rotatable bonds is 10. The number of carbonyl (C=O) groups excluding carboxylic acids is 2. The van der Waals surface area contributed by atoms with Crippen molar-refractivity contribution in [2.45, 2.75) is 42.3 Å². The number of esters is 1. The molecule has 42 heavy (non-hydrogen) atoms. The van der Waals surface area contributed by atoms with Crippen LogP contribution in [0.25, 0.3) is 16.0 Å². The minimum Gasteiger partial charge on any atom is -0.462 e. The SMILES string of the molecule is CCOC(=O)c1c(NC(=O)CSc2nnc(CSc3nc4c(sc(=S)n4-c4ccccc4)c(=O)[nH]3)o2)sc2c1CCC2. The lowest BCUT2D eigenvalue weighted by atomic mass is 10.1. The van der Waals surface area contributed by atoms with Crippen LogP contribution >= 0.6 is 58.4 Å². The fourth-order valence-corrected chi connectivity index (χ4v) is 8.29. The van der Waals surface area contributed by atoms with E-state index in [4.69, 9.17) is 21.4 Å². The molecule has 0 saturated heterocycles. The van der Waals surface area contributed by atoms with E-state index in [2.05, 4.69) is 25.5 Å². The average molecular weight is 659 g/mol. The largest absolute Gasteiger partial charge is 0.462 e. The minimum absolute atomic E-state index is 0.0200. The van der Waals surface area contributed by atoms with Crippen LogP contribution < -0.4 is 10.9 Å². The van der Waals surface area contributed by atoms with Gasteiger partial charge >= 0.3 is 5.97 Å². The second-order valence-corrected chi connectivity index (χ2v) is 13.6. The second-order valence-electron chi connectivity index (χ2n) is 8.93. The molecule has 0 unspecified atom stereocenters. The number of thiophene rings is 1. The number of carbonyl (C=O) groups is 2. The number of para-hydroxylation sites is 1. The number of thiazole rings is 1. The van der Waals surface area contributed by atoms with Crippen LogP contribution in [-0.2, 0) is 28.1 Å². The average Bonchev–Trinajstić information content (AvgIpc) is 3.75. The van der Waals surface area contributed by atoms with Crippen molar-refractivity contribution in [1.29, 1.82) is 0 Å². The van der Waals surface area contributed by atoms with Gasteiger partial charge in [0.2, 0.25) is 11.8 Å². The third-order valence-electron chi connectivity index (χ3n) is 6.20. The highest BCUT2D eigenvalue weighted by Gasteiger charge is 2.28. The molecule has 2 N–H and O–H groups in total. The standard InChI is InChI=1S/C26H22N6O5S5/c1-2-36-23(35)18-14-9-6-10-15(14)41-22(18)27-16(33)11-40-25-31-30-17(37-25)12-39-24-28-20-19(21(34)29-24)42-26(38)32(20)13-7-4-3-5-8-13/h3-5,7-8H,2,6,9-12H2,1H3,(H,27,33)(H,28,29,34). The maximum absolute atomic E-state index is 12.7. The molecule has 4 heterocycles. The van der Waals surface area contributed by atoms with Crippen LogP contribution in [0, 0.1) is 3.95 Å². The first kappa shape index (κ1) is 28.8. The Balaban J connectivity index is 1.09. The van der Waals surface area contributed by atoms with Gasteiger partial charge in [0, 0.05) is 10.6 Å². The minimum atomic E-state index is -0.410. The Morgan fingerprint density at radius 3 is 2.83 bits per heavy atom. The first-order valence-corrected chi connectivity index (χ1v) is 16.8. The van der Waals surface area contributed by atoms with Crippen LogP contribution in [0.5, 0.6) is 0 Å². The topological polar surface area (TPSA) is 145 Å². The van der Waals surface area contributed by atoms with Gasteiger partial charge in [-0.1, -0.05) is 53.1 Å². The molecule has 0 atom stereocenters. The number of H-pyrrole nitrogens is 1. The van der Waals surface area contributed by atoms with Gasteiger partial charge in [-0.15, -0.1) is 21.5 Å². The van der Waals surface area contributed by atoms with E-state index in [1.165, 1.54) is 34.4 Å². The summed E-state index contributed by atoms with van der Waals surface area (Å²) in [5.41, 5.74) is 2.48. The zero-order valence-corrected chi connectivity index (χ0v) is 26.1. The van der Waals surface area contributed by atoms with Crippen LogP contribution in [0.1, 0.15) is 40.0 Å². The fourth-order valence-electron chi connectivity index (χ4n) is 4.45. The van der Waals surface area contributed by atoms with Gasteiger partial charge in [0.05, 0.1) is 23.7 Å². The highest BCUT2D eigenvalue weighted by atomic mass is 32.2. The van der Waals surface area contributed by atoms with Crippen molar-refractivity contribution in [3.63, 3.8) is 0 Å². The van der Waals surface area contributed by atoms with Crippen molar-refractivity contribution in [3.8, 4) is 5.69 Å². The maximum Gasteiger partial charge on any atom is 0.341 e. The first-order valence-electron chi connectivity index (χ1n) is 12.8. The highest BCUT2D eigenvalue weighted by Crippen LogP contribution is 2.39. The molecule has 11 nitrogen and oxygen atoms in total. The van der Waals surface area contributed by atoms with Gasteiger partial charge in [-0.3, -0.25) is 14.2 Å². The number of benzene rings is 1. The van der Waals surface area contributed by atoms with E-state index in [-0.39, 0.29) is 34.8 Å². The van der Waals surface area contributed by atoms with Crippen LogP contribution in [0.2, 0.25) is 0 Å². The van der Waals surface area contributed by atoms with E-state index in [1.54, 1.807) is 11.5 Å². The van der Waals surface area contributed by atoms with Gasteiger partial charge in [-0.2, -0.15) is 0 Å². The predicted octanol–water partition coefficient (Wildman–Crippen LogP) is 5.64. The van der Waals surface area contributed by atoms with Crippen molar-refractivity contribution in [3.05, 3.63) is 66.5 Å². The second kappa shape index (κ2) is 12.5. The summed E-state index contributed by atoms with van der Waals surface area (Å²) in [6.45, 7) is 2.02. The van der Waals surface area contributed by atoms with Crippen molar-refractivity contribution in [2.24, 2.45) is 0 Å². The number of aryl methyl sites for hydroxylation is 1. The summed E-state index contributed by atoms with van der Waals surface area (Å²) in [7, 11) is 0. The van der Waals surface area contributed by atoms with Crippen LogP contribution in [0.4, 0.5) is 5.00 Å². The summed E-state index contributed by atoms with van der Waals surface area (Å²) in [5.74, 6) is -0.110. The van der Waals surface area contributed by atoms with Crippen molar-refractivity contribution >= 4 is 85.6 Å². The summed E-state index contributed by atoms with van der Waals surface area (Å²) in [4.78, 5) is 46.5. The molecular formula is C26H22N6O5S5. The Labute approximate surface area is 260 Å². The zero-order chi connectivity index (χ0) is 29.2. The number of hydrogen-bond donors (Lipinski definition) is 2. The monoisotopic (exact) mass is 658 g/mol. The summed E-state index contributed by atoms with van der Waals surface area (Å²) in [6.07, 6.45) is 2.69. The summed E-state index contributed by atoms with van der Waals surface area (Å²) in [6, 6.07) is 9.51. The molecule has 1 aromatic carbocycles. The first-order chi connectivity index (χ1) is 20.4. The lowest BCUT2D eigenvalue weighted by Gasteiger charge is -2.07. The molecule has 0 saturated carbocycles. The molecule has 6 rings (SSSR count). The number of aromatic amines is 1. The van der Waals surface area contributed by atoms with E-state index < -0.39 is 5.97 Å². The Kier molecular flexibility index (Phi) is 8.57. The number of nitrogens with zero attached hydrogens (tertiary/aromatic N) is 4. The van der Waals surface area contributed by atoms with Gasteiger partial charge in [0.1, 0.15) is 9.70 Å². The molecule has 0 radical (unpaired) electrons. The smallest absolute Gasteiger partial charge is 0.341 e. The van der Waals surface area contributed by atoms with E-state index >= 15 is 0 Å². The molecular weight excluding hydrogens is 637 g/mol. The molecule has 0 fully saturated rings. The van der Waals surface area contributed by atoms with Gasteiger partial charge in [-0.05, 0) is 56.1 Å². The Morgan fingerprint density at radius 2 is 2.02 bits per heavy atom. The summed E-state index contributed by atoms with van der Waals surface area (Å²) >= 11 is 10.5. The molecule has 0 bridgehead atoms. The Bertz CT molecular complexity index is 1910. The number of amides is 1. The van der Waals surface area contributed by atoms with E-state index in [9.17, 15) is 14.4 Å². The lowest BCUT2D eigenvalue weighted by molar-refractivity contribution is -0.113. The molecule has 1 aliphatic rings. The molecule has 16 heteroatoms. The Hall–Kier alpha value is -3.31. The highest BCUT2D eigenvalue weighted by molar-refractivity contribution is 7.99. The molecule has 0 spiro atoms. The molecule has 5 aromatic rings. The maximum atomic E-state index is 12.7. The number of anilines is 1. The fraction of sp³-hybridized carbons (Fsp3) is 0.269. The number of fused-ring (bicyclic) bond motifs is 2. The number of nitrogens with one attached hydrogen (secondary N) is 2. The number of hydrogen-bond acceptors (Lipinski definition) is 13. The van der Waals surface area contributed by atoms with E-state index in [1.807, 2.05) is 30.3 Å². The van der Waals surface area contributed by atoms with Gasteiger partial charge in [0.15, 0.2) is 14.8 Å². The normalized spacial score (nSPS) is 12.5. The van der Waals surface area contributed by atoms with Crippen LogP contribution in [0.15, 0.2) is 49.9 Å². The van der Waals surface area contributed by atoms with Crippen LogP contribution in [-0.4, -0.2) is 49.0 Å². The summed E-state index contributed by atoms with van der Waals surface area (Å²) in [5, 5.41) is 12.1. The quantitative estimate of drug-likeness (QED) is 0.0833. The van der Waals surface area contributed by atoms with Gasteiger partial charge in [-0.25, -0.2) is 9.78 Å². The lowest BCUT2D eigenvalue weighted by Crippen LogP contribution is -2.16. The summed E-state index contributed by atoms with van der Waals surface area (Å²) < 4.78 is 13.7. The van der Waals surface area contributed by atoms with Crippen LogP contribution in [0.3, 0.4) is 0 Å². The number of ether oxygens (including phenoxy) is 1. The van der Waals surface area contributed by atoms with E-state index in [0.29, 0.717) is 35.9 Å². The Morgan fingerprint density at radius 1 is 1.19 bits per heavy atom. The van der Waals surface area contributed by atoms with E-state index in [0.717, 1.165) is 47.2 Å². The van der Waals surface area contributed by atoms with Crippen molar-refractivity contribution in [1.82, 2.24) is 24.7 Å². The molecule has 216 valence electrons. The molecule has 1 amide bonds. The molecule has 0 aliphatic heterocycles. The van der Waals surface area contributed by atoms with Gasteiger partial charge < -0.3 is 19.5 Å². The third kappa shape index (κ3) is 5.94. The predicted molar refractivity (Wildman–Crippen MR) is 166 cm³/mol. The van der Waals surface area contributed by atoms with Gasteiger partial charge in [0.25, 0.3) is 10.8 Å². The third-order valence-corrected chi connectivity index (χ3v) is 10.4. The zero-order valence-electron chi connectivity index (χ0n) is 22.0. The number of aromatic nitrogens is 5. The van der Waals surface area contributed by atoms with Crippen molar-refractivity contribution < 1.29 is 18.7 Å². The molecule has 1 aliphatic carbocycles.